The highest BCUT2D eigenvalue weighted by Gasteiger charge is 2.21. The van der Waals surface area contributed by atoms with E-state index in [0.717, 1.165) is 12.1 Å². The molecule has 1 heterocycles. The molecule has 1 aromatic rings. The number of aliphatic imine (C=N–C) groups is 1. The normalized spacial score (nSPS) is 16.5. The molecule has 1 aromatic heterocycles. The highest BCUT2D eigenvalue weighted by molar-refractivity contribution is 7.07. The van der Waals surface area contributed by atoms with Gasteiger partial charge in [0, 0.05) is 24.4 Å². The number of nitrogens with two attached hydrogens (primary N) is 1. The smallest absolute Gasteiger partial charge is 0.205 e. The summed E-state index contributed by atoms with van der Waals surface area (Å²) in [6, 6.07) is 0.569. The Labute approximate surface area is 92.8 Å². The van der Waals surface area contributed by atoms with E-state index in [1.54, 1.807) is 11.3 Å². The maximum atomic E-state index is 5.35. The first-order chi connectivity index (χ1) is 7.38. The molecule has 0 amide bonds. The van der Waals surface area contributed by atoms with E-state index in [0.29, 0.717) is 18.5 Å². The van der Waals surface area contributed by atoms with Crippen molar-refractivity contribution >= 4 is 17.3 Å². The fraction of sp³-hybridized carbons (Fsp3) is 0.556. The van der Waals surface area contributed by atoms with Crippen LogP contribution in [0.15, 0.2) is 15.9 Å². The number of aromatic nitrogens is 1. The second-order valence-corrected chi connectivity index (χ2v) is 4.24. The molecule has 2 rings (SSSR count). The maximum absolute atomic E-state index is 5.35. The van der Waals surface area contributed by atoms with E-state index in [1.807, 2.05) is 10.9 Å². The monoisotopic (exact) mass is 225 g/mol. The second-order valence-electron chi connectivity index (χ2n) is 3.52. The van der Waals surface area contributed by atoms with E-state index in [9.17, 15) is 0 Å². The Morgan fingerprint density at radius 3 is 3.13 bits per heavy atom. The summed E-state index contributed by atoms with van der Waals surface area (Å²) in [4.78, 5) is 8.52. The predicted octanol–water partition coefficient (Wildman–Crippen LogP) is 0.257. The molecule has 4 N–H and O–H groups in total. The lowest BCUT2D eigenvalue weighted by Gasteiger charge is -2.06. The minimum Gasteiger partial charge on any atom is -0.353 e. The summed E-state index contributed by atoms with van der Waals surface area (Å²) in [5.74, 6) is 6.04. The number of nitrogens with zero attached hydrogens (tertiary/aromatic N) is 2. The van der Waals surface area contributed by atoms with Gasteiger partial charge in [0.25, 0.3) is 0 Å². The Bertz CT molecular complexity index is 317. The lowest BCUT2D eigenvalue weighted by molar-refractivity contribution is 0.813. The molecule has 1 saturated carbocycles. The fourth-order valence-electron chi connectivity index (χ4n) is 1.20. The van der Waals surface area contributed by atoms with E-state index in [4.69, 9.17) is 5.84 Å². The summed E-state index contributed by atoms with van der Waals surface area (Å²) in [7, 11) is 0. The van der Waals surface area contributed by atoms with Gasteiger partial charge in [-0.05, 0) is 12.8 Å². The number of hydrogen-bond donors (Lipinski definition) is 3. The van der Waals surface area contributed by atoms with Crippen LogP contribution in [0.2, 0.25) is 0 Å². The van der Waals surface area contributed by atoms with Crippen molar-refractivity contribution in [2.24, 2.45) is 10.8 Å². The third-order valence-corrected chi connectivity index (χ3v) is 2.81. The van der Waals surface area contributed by atoms with Crippen molar-refractivity contribution in [2.75, 3.05) is 6.54 Å². The maximum Gasteiger partial charge on any atom is 0.205 e. The molecule has 1 aliphatic carbocycles. The number of thiazole rings is 1. The summed E-state index contributed by atoms with van der Waals surface area (Å²) in [6.07, 6.45) is 3.29. The van der Waals surface area contributed by atoms with Crippen molar-refractivity contribution in [3.63, 3.8) is 0 Å². The van der Waals surface area contributed by atoms with Crippen LogP contribution in [0.5, 0.6) is 0 Å². The summed E-state index contributed by atoms with van der Waals surface area (Å²) in [6.45, 7) is 0.711. The number of guanidine groups is 1. The molecule has 5 nitrogen and oxygen atoms in total. The van der Waals surface area contributed by atoms with Gasteiger partial charge >= 0.3 is 0 Å². The molecule has 1 fully saturated rings. The molecule has 0 aromatic carbocycles. The Balaban J connectivity index is 1.75. The molecule has 0 radical (unpaired) electrons. The van der Waals surface area contributed by atoms with Crippen molar-refractivity contribution < 1.29 is 0 Å². The number of hydrazine groups is 1. The lowest BCUT2D eigenvalue weighted by atomic mass is 10.3. The number of hydrogen-bond acceptors (Lipinski definition) is 4. The van der Waals surface area contributed by atoms with E-state index in [2.05, 4.69) is 20.7 Å². The lowest BCUT2D eigenvalue weighted by Crippen LogP contribution is -2.42. The van der Waals surface area contributed by atoms with Crippen LogP contribution in [0.1, 0.15) is 18.5 Å². The van der Waals surface area contributed by atoms with Gasteiger partial charge in [-0.3, -0.25) is 10.4 Å². The Kier molecular flexibility index (Phi) is 3.52. The zero-order valence-electron chi connectivity index (χ0n) is 8.44. The first kappa shape index (κ1) is 10.4. The number of rotatable bonds is 4. The minimum absolute atomic E-state index is 0.569. The van der Waals surface area contributed by atoms with E-state index >= 15 is 0 Å². The molecule has 6 heteroatoms. The molecule has 0 spiro atoms. The van der Waals surface area contributed by atoms with E-state index in [1.165, 1.54) is 12.8 Å². The zero-order chi connectivity index (χ0) is 10.5. The van der Waals surface area contributed by atoms with Crippen LogP contribution in [0.3, 0.4) is 0 Å². The number of nitrogens with one attached hydrogen (secondary N) is 2. The summed E-state index contributed by atoms with van der Waals surface area (Å²) in [5, 5.41) is 5.26. The molecule has 82 valence electrons. The fourth-order valence-corrected chi connectivity index (χ4v) is 1.79. The second kappa shape index (κ2) is 5.09. The van der Waals surface area contributed by atoms with Crippen LogP contribution in [-0.4, -0.2) is 23.5 Å². The standard InChI is InChI=1S/C9H15N5S/c10-14-9(13-7-1-2-7)11-4-3-8-5-15-6-12-8/h5-7H,1-4,10H2,(H2,11,13,14). The topological polar surface area (TPSA) is 75.3 Å². The molecule has 15 heavy (non-hydrogen) atoms. The SMILES string of the molecule is NNC(=NCCc1cscn1)NC1CC1. The Morgan fingerprint density at radius 1 is 1.67 bits per heavy atom. The van der Waals surface area contributed by atoms with Crippen LogP contribution < -0.4 is 16.6 Å². The molecule has 1 aliphatic rings. The first-order valence-corrected chi connectivity index (χ1v) is 5.97. The highest BCUT2D eigenvalue weighted by atomic mass is 32.1. The van der Waals surface area contributed by atoms with Crippen molar-refractivity contribution in [3.8, 4) is 0 Å². The van der Waals surface area contributed by atoms with Gasteiger partial charge in [-0.15, -0.1) is 11.3 Å². The van der Waals surface area contributed by atoms with Gasteiger partial charge in [0.15, 0.2) is 0 Å². The molecule has 0 atom stereocenters. The third-order valence-electron chi connectivity index (χ3n) is 2.18. The van der Waals surface area contributed by atoms with Crippen molar-refractivity contribution in [1.29, 1.82) is 0 Å². The minimum atomic E-state index is 0.569. The van der Waals surface area contributed by atoms with Crippen LogP contribution in [0, 0.1) is 0 Å². The first-order valence-electron chi connectivity index (χ1n) is 5.03. The quantitative estimate of drug-likeness (QED) is 0.297. The van der Waals surface area contributed by atoms with Crippen molar-refractivity contribution in [3.05, 3.63) is 16.6 Å². The van der Waals surface area contributed by atoms with Crippen molar-refractivity contribution in [1.82, 2.24) is 15.7 Å². The van der Waals surface area contributed by atoms with Gasteiger partial charge in [-0.1, -0.05) is 0 Å². The highest BCUT2D eigenvalue weighted by Crippen LogP contribution is 2.18. The van der Waals surface area contributed by atoms with Crippen LogP contribution in [0.4, 0.5) is 0 Å². The van der Waals surface area contributed by atoms with Crippen molar-refractivity contribution in [2.45, 2.75) is 25.3 Å². The molecule has 0 aliphatic heterocycles. The average molecular weight is 225 g/mol. The third kappa shape index (κ3) is 3.49. The molecule has 0 unspecified atom stereocenters. The van der Waals surface area contributed by atoms with Crippen LogP contribution in [0.25, 0.3) is 0 Å². The van der Waals surface area contributed by atoms with Crippen LogP contribution >= 0.6 is 11.3 Å². The molecular weight excluding hydrogens is 210 g/mol. The van der Waals surface area contributed by atoms with Gasteiger partial charge in [0.2, 0.25) is 5.96 Å². The summed E-state index contributed by atoms with van der Waals surface area (Å²) >= 11 is 1.61. The Hall–Kier alpha value is -1.14. The summed E-state index contributed by atoms with van der Waals surface area (Å²) < 4.78 is 0. The van der Waals surface area contributed by atoms with E-state index < -0.39 is 0 Å². The molecule has 0 saturated heterocycles. The Morgan fingerprint density at radius 2 is 2.53 bits per heavy atom. The summed E-state index contributed by atoms with van der Waals surface area (Å²) in [5.41, 5.74) is 5.50. The van der Waals surface area contributed by atoms with Gasteiger partial charge in [-0.2, -0.15) is 0 Å². The largest absolute Gasteiger partial charge is 0.353 e. The molecule has 0 bridgehead atoms. The van der Waals surface area contributed by atoms with Gasteiger partial charge in [0.05, 0.1) is 11.2 Å². The van der Waals surface area contributed by atoms with Crippen LogP contribution in [-0.2, 0) is 6.42 Å². The molecular formula is C9H15N5S. The van der Waals surface area contributed by atoms with E-state index in [-0.39, 0.29) is 0 Å². The van der Waals surface area contributed by atoms with Gasteiger partial charge < -0.3 is 5.32 Å². The average Bonchev–Trinajstić information content (AvgIpc) is 2.91. The van der Waals surface area contributed by atoms with Gasteiger partial charge in [-0.25, -0.2) is 10.8 Å². The predicted molar refractivity (Wildman–Crippen MR) is 61.6 cm³/mol. The zero-order valence-corrected chi connectivity index (χ0v) is 9.26. The van der Waals surface area contributed by atoms with Gasteiger partial charge in [0.1, 0.15) is 0 Å².